The zero-order valence-corrected chi connectivity index (χ0v) is 24.9. The van der Waals surface area contributed by atoms with Crippen molar-refractivity contribution in [1.82, 2.24) is 9.55 Å². The lowest BCUT2D eigenvalue weighted by Crippen LogP contribution is -2.39. The fourth-order valence-electron chi connectivity index (χ4n) is 5.55. The standard InChI is InChI=1S/C30H29N2O9PS/c1-36-22-12-8-20(9-13-22)30(19-6-4-3-5-7-19,21-10-14-23(37-2)15-11-21)38-18-24-26-27(41-42(35,43)40-26)28(39-24)32-17-16-25(33)31-29(32)34/h3-17,24,26-28H,18H2,1-2H3,(H,35,43)(H,31,33,34)/t24-,26-,27-,28-,42?/m1/s1. The van der Waals surface area contributed by atoms with Gasteiger partial charge in [0.05, 0.1) is 20.8 Å². The molecule has 4 aromatic rings. The summed E-state index contributed by atoms with van der Waals surface area (Å²) in [6, 6.07) is 26.1. The van der Waals surface area contributed by atoms with E-state index in [1.54, 1.807) is 14.2 Å². The minimum atomic E-state index is -3.61. The van der Waals surface area contributed by atoms with Gasteiger partial charge in [0.15, 0.2) is 6.23 Å². The van der Waals surface area contributed by atoms with Crippen molar-refractivity contribution in [3.63, 3.8) is 0 Å². The number of benzene rings is 3. The molecule has 2 N–H and O–H groups in total. The van der Waals surface area contributed by atoms with Crippen LogP contribution in [0.2, 0.25) is 0 Å². The third kappa shape index (κ3) is 5.59. The average molecular weight is 625 g/mol. The Hall–Kier alpha value is -3.61. The first-order valence-electron chi connectivity index (χ1n) is 13.4. The molecule has 0 radical (unpaired) electrons. The molecule has 3 aromatic carbocycles. The van der Waals surface area contributed by atoms with Crippen LogP contribution in [0.15, 0.2) is 101 Å². The Labute approximate surface area is 251 Å². The van der Waals surface area contributed by atoms with Gasteiger partial charge in [0, 0.05) is 12.3 Å². The largest absolute Gasteiger partial charge is 0.497 e. The van der Waals surface area contributed by atoms with E-state index in [0.29, 0.717) is 11.5 Å². The average Bonchev–Trinajstić information content (AvgIpc) is 3.51. The molecule has 224 valence electrons. The predicted molar refractivity (Wildman–Crippen MR) is 160 cm³/mol. The van der Waals surface area contributed by atoms with E-state index in [1.165, 1.54) is 16.8 Å². The topological polar surface area (TPSA) is 130 Å². The van der Waals surface area contributed by atoms with E-state index in [0.717, 1.165) is 16.7 Å². The molecule has 2 aliphatic heterocycles. The van der Waals surface area contributed by atoms with Crippen LogP contribution in [0, 0.1) is 0 Å². The van der Waals surface area contributed by atoms with Crippen LogP contribution < -0.4 is 20.7 Å². The van der Waals surface area contributed by atoms with Crippen molar-refractivity contribution < 1.29 is 32.9 Å². The van der Waals surface area contributed by atoms with Crippen LogP contribution in [-0.4, -0.2) is 53.6 Å². The molecule has 2 saturated heterocycles. The van der Waals surface area contributed by atoms with E-state index in [4.69, 9.17) is 39.8 Å². The third-order valence-corrected chi connectivity index (χ3v) is 9.09. The summed E-state index contributed by atoms with van der Waals surface area (Å²) >= 11 is 5.16. The molecule has 0 aliphatic carbocycles. The molecule has 0 spiro atoms. The van der Waals surface area contributed by atoms with E-state index in [9.17, 15) is 14.5 Å². The van der Waals surface area contributed by atoms with Crippen molar-refractivity contribution in [3.8, 4) is 11.5 Å². The number of hydrogen-bond donors (Lipinski definition) is 2. The van der Waals surface area contributed by atoms with E-state index < -0.39 is 48.1 Å². The summed E-state index contributed by atoms with van der Waals surface area (Å²) in [5.41, 5.74) is 0.0497. The predicted octanol–water partition coefficient (Wildman–Crippen LogP) is 3.46. The van der Waals surface area contributed by atoms with Gasteiger partial charge in [0.1, 0.15) is 35.4 Å². The first kappa shape index (κ1) is 29.5. The molecule has 0 amide bonds. The van der Waals surface area contributed by atoms with Crippen LogP contribution in [-0.2, 0) is 35.9 Å². The molecule has 11 nitrogen and oxygen atoms in total. The SMILES string of the molecule is COc1ccc(C(OC[C@H]2O[C@@H](n3ccc(=O)[nH]c3=O)[C@@H]3OP(O)(=S)O[C@@H]32)(c2ccccc2)c2ccc(OC)cc2)cc1. The normalized spacial score (nSPS) is 24.9. The van der Waals surface area contributed by atoms with E-state index >= 15 is 0 Å². The van der Waals surface area contributed by atoms with Crippen molar-refractivity contribution in [1.29, 1.82) is 0 Å². The summed E-state index contributed by atoms with van der Waals surface area (Å²) in [6.07, 6.45) is -2.31. The lowest BCUT2D eigenvalue weighted by molar-refractivity contribution is -0.0982. The molecule has 5 atom stereocenters. The number of aromatic amines is 1. The van der Waals surface area contributed by atoms with E-state index in [-0.39, 0.29) is 6.61 Å². The minimum Gasteiger partial charge on any atom is -0.497 e. The summed E-state index contributed by atoms with van der Waals surface area (Å²) in [5, 5.41) is 0. The van der Waals surface area contributed by atoms with Gasteiger partial charge in [0.25, 0.3) is 5.56 Å². The first-order chi connectivity index (χ1) is 20.7. The number of aromatic nitrogens is 2. The second kappa shape index (κ2) is 11.8. The Balaban J connectivity index is 1.43. The highest BCUT2D eigenvalue weighted by Gasteiger charge is 2.56. The first-order valence-corrected chi connectivity index (χ1v) is 16.0. The summed E-state index contributed by atoms with van der Waals surface area (Å²) in [5.74, 6) is 1.36. The van der Waals surface area contributed by atoms with Gasteiger partial charge in [-0.2, -0.15) is 0 Å². The number of rotatable bonds is 9. The summed E-state index contributed by atoms with van der Waals surface area (Å²) in [7, 11) is 3.20. The quantitative estimate of drug-likeness (QED) is 0.211. The molecular weight excluding hydrogens is 595 g/mol. The fraction of sp³-hybridized carbons (Fsp3) is 0.267. The van der Waals surface area contributed by atoms with Crippen LogP contribution in [0.25, 0.3) is 0 Å². The minimum absolute atomic E-state index is 0.0542. The van der Waals surface area contributed by atoms with Gasteiger partial charge in [-0.25, -0.2) is 4.79 Å². The van der Waals surface area contributed by atoms with Crippen LogP contribution in [0.5, 0.6) is 11.5 Å². The molecule has 13 heteroatoms. The highest BCUT2D eigenvalue weighted by Crippen LogP contribution is 2.59. The van der Waals surface area contributed by atoms with Crippen molar-refractivity contribution in [2.24, 2.45) is 0 Å². The Morgan fingerprint density at radius 1 is 0.860 bits per heavy atom. The molecule has 0 bridgehead atoms. The maximum atomic E-state index is 12.7. The second-order valence-electron chi connectivity index (χ2n) is 10.0. The zero-order chi connectivity index (χ0) is 30.2. The Kier molecular flexibility index (Phi) is 8.10. The molecule has 0 saturated carbocycles. The second-order valence-corrected chi connectivity index (χ2v) is 12.7. The van der Waals surface area contributed by atoms with Crippen LogP contribution in [0.1, 0.15) is 22.9 Å². The van der Waals surface area contributed by atoms with E-state index in [2.05, 4.69) is 4.98 Å². The van der Waals surface area contributed by atoms with Crippen LogP contribution in [0.4, 0.5) is 0 Å². The molecule has 3 heterocycles. The van der Waals surface area contributed by atoms with Crippen molar-refractivity contribution >= 4 is 18.5 Å². The van der Waals surface area contributed by atoms with Crippen LogP contribution in [0.3, 0.4) is 0 Å². The van der Waals surface area contributed by atoms with Gasteiger partial charge in [-0.15, -0.1) is 0 Å². The van der Waals surface area contributed by atoms with E-state index in [1.807, 2.05) is 78.9 Å². The molecule has 6 rings (SSSR count). The zero-order valence-electron chi connectivity index (χ0n) is 23.2. The maximum Gasteiger partial charge on any atom is 0.330 e. The van der Waals surface area contributed by atoms with Crippen molar-refractivity contribution in [2.75, 3.05) is 20.8 Å². The molecule has 2 fully saturated rings. The summed E-state index contributed by atoms with van der Waals surface area (Å²) in [4.78, 5) is 37.1. The van der Waals surface area contributed by atoms with Gasteiger partial charge < -0.3 is 23.8 Å². The van der Waals surface area contributed by atoms with Gasteiger partial charge >= 0.3 is 12.4 Å². The highest BCUT2D eigenvalue weighted by molar-refractivity contribution is 8.07. The monoisotopic (exact) mass is 624 g/mol. The third-order valence-electron chi connectivity index (χ3n) is 7.56. The molecule has 1 aromatic heterocycles. The molecule has 43 heavy (non-hydrogen) atoms. The fourth-order valence-corrected chi connectivity index (χ4v) is 7.29. The lowest BCUT2D eigenvalue weighted by atomic mass is 9.80. The Bertz CT molecular complexity index is 1700. The number of H-pyrrole nitrogens is 1. The Morgan fingerprint density at radius 2 is 1.42 bits per heavy atom. The number of ether oxygens (including phenoxy) is 4. The lowest BCUT2D eigenvalue weighted by Gasteiger charge is -2.37. The number of nitrogens with one attached hydrogen (secondary N) is 1. The number of hydrogen-bond acceptors (Lipinski definition) is 9. The van der Waals surface area contributed by atoms with Gasteiger partial charge in [-0.05, 0) is 52.8 Å². The summed E-state index contributed by atoms with van der Waals surface area (Å²) < 4.78 is 36.7. The van der Waals surface area contributed by atoms with Crippen LogP contribution >= 0.6 is 6.72 Å². The molecule has 1 unspecified atom stereocenters. The van der Waals surface area contributed by atoms with Gasteiger partial charge in [0.2, 0.25) is 0 Å². The van der Waals surface area contributed by atoms with Crippen molar-refractivity contribution in [3.05, 3.63) is 129 Å². The van der Waals surface area contributed by atoms with Crippen molar-refractivity contribution in [2.45, 2.75) is 30.1 Å². The molecular formula is C30H29N2O9PS. The highest BCUT2D eigenvalue weighted by atomic mass is 32.5. The summed E-state index contributed by atoms with van der Waals surface area (Å²) in [6.45, 7) is -3.67. The van der Waals surface area contributed by atoms with Gasteiger partial charge in [-0.1, -0.05) is 54.6 Å². The maximum absolute atomic E-state index is 12.7. The molecule has 2 aliphatic rings. The van der Waals surface area contributed by atoms with Gasteiger partial charge in [-0.3, -0.25) is 23.4 Å². The Morgan fingerprint density at radius 3 is 1.98 bits per heavy atom. The number of fused-ring (bicyclic) bond motifs is 1. The smallest absolute Gasteiger partial charge is 0.330 e. The number of methoxy groups -OCH3 is 2. The number of nitrogens with zero attached hydrogens (tertiary/aromatic N) is 1.